The molecule has 3 aliphatic rings. The number of carbonyl (C=O) groups is 2. The number of nitrogens with one attached hydrogen (secondary N) is 2. The molecule has 5 atom stereocenters. The van der Waals surface area contributed by atoms with Crippen molar-refractivity contribution in [2.45, 2.75) is 65.1 Å². The number of nitriles is 1. The highest BCUT2D eigenvalue weighted by atomic mass is 35.5. The van der Waals surface area contributed by atoms with Gasteiger partial charge in [-0.05, 0) is 67.4 Å². The number of aromatic nitrogens is 2. The van der Waals surface area contributed by atoms with Crippen LogP contribution in [-0.4, -0.2) is 37.3 Å². The van der Waals surface area contributed by atoms with E-state index in [1.54, 1.807) is 13.1 Å². The largest absolute Gasteiger partial charge is 0.357 e. The van der Waals surface area contributed by atoms with E-state index in [0.29, 0.717) is 40.0 Å². The van der Waals surface area contributed by atoms with Crippen LogP contribution in [-0.2, 0) is 22.6 Å². The zero-order valence-electron chi connectivity index (χ0n) is 21.4. The Hall–Kier alpha value is -2.63. The molecule has 5 rings (SSSR count). The summed E-state index contributed by atoms with van der Waals surface area (Å²) in [6, 6.07) is 6.05. The lowest BCUT2D eigenvalue weighted by molar-refractivity contribution is -0.120. The van der Waals surface area contributed by atoms with Crippen LogP contribution in [0.2, 0.25) is 5.02 Å². The van der Waals surface area contributed by atoms with Gasteiger partial charge in [0, 0.05) is 58.3 Å². The van der Waals surface area contributed by atoms with Gasteiger partial charge in [0.2, 0.25) is 11.8 Å². The Morgan fingerprint density at radius 2 is 1.92 bits per heavy atom. The van der Waals surface area contributed by atoms with Gasteiger partial charge in [-0.25, -0.2) is 4.98 Å². The zero-order valence-corrected chi connectivity index (χ0v) is 24.2. The van der Waals surface area contributed by atoms with E-state index in [1.165, 1.54) is 0 Å². The predicted octanol–water partition coefficient (Wildman–Crippen LogP) is 3.48. The highest BCUT2D eigenvalue weighted by Gasteiger charge is 2.45. The van der Waals surface area contributed by atoms with Crippen LogP contribution in [0.15, 0.2) is 18.3 Å². The molecular weight excluding hydrogens is 490 g/mol. The van der Waals surface area contributed by atoms with E-state index >= 15 is 0 Å². The van der Waals surface area contributed by atoms with E-state index in [9.17, 15) is 14.9 Å². The summed E-state index contributed by atoms with van der Waals surface area (Å²) in [6.45, 7) is 6.79. The van der Waals surface area contributed by atoms with Gasteiger partial charge in [-0.2, -0.15) is 5.26 Å². The van der Waals surface area contributed by atoms with Gasteiger partial charge in [0.1, 0.15) is 17.6 Å². The standard InChI is InChI=1S/C27H34ClN5O2Si/c1-14(34)31-26(36)18-6-15-4-17(5-16(15)7-18)25(35)32-24-9-20(22(28)12-30-24)21-8-19(11-29)33-13-27(2,3)10-23(21)33/h8-9,12,15-18,26H,4-7,10,13H2,1-3,36H3,(H,31,34)(H,30,32,35)/t15-,16+,17-,18-,26?. The molecule has 0 spiro atoms. The number of fused-ring (bicyclic) bond motifs is 2. The summed E-state index contributed by atoms with van der Waals surface area (Å²) in [5, 5.41) is 16.3. The molecule has 2 amide bonds. The van der Waals surface area contributed by atoms with Crippen LogP contribution in [0.5, 0.6) is 0 Å². The van der Waals surface area contributed by atoms with Gasteiger partial charge in [0.25, 0.3) is 0 Å². The Balaban J connectivity index is 1.28. The van der Waals surface area contributed by atoms with E-state index in [2.05, 4.69) is 40.1 Å². The Morgan fingerprint density at radius 3 is 2.56 bits per heavy atom. The quantitative estimate of drug-likeness (QED) is 0.586. The number of amides is 2. The monoisotopic (exact) mass is 523 g/mol. The summed E-state index contributed by atoms with van der Waals surface area (Å²) >= 11 is 6.56. The molecule has 0 radical (unpaired) electrons. The Kier molecular flexibility index (Phi) is 6.50. The first kappa shape index (κ1) is 25.0. The fourth-order valence-electron chi connectivity index (χ4n) is 6.89. The van der Waals surface area contributed by atoms with Crippen molar-refractivity contribution in [2.75, 3.05) is 5.32 Å². The first-order chi connectivity index (χ1) is 17.0. The normalized spacial score (nSPS) is 26.8. The van der Waals surface area contributed by atoms with Crippen LogP contribution in [0.3, 0.4) is 0 Å². The minimum absolute atomic E-state index is 0.0140. The maximum Gasteiger partial charge on any atom is 0.228 e. The molecule has 2 aromatic heterocycles. The molecule has 1 aliphatic heterocycles. The Morgan fingerprint density at radius 1 is 1.22 bits per heavy atom. The van der Waals surface area contributed by atoms with Gasteiger partial charge in [0.15, 0.2) is 0 Å². The molecule has 1 unspecified atom stereocenters. The summed E-state index contributed by atoms with van der Waals surface area (Å²) in [5.41, 5.74) is 3.88. The van der Waals surface area contributed by atoms with Gasteiger partial charge < -0.3 is 15.2 Å². The van der Waals surface area contributed by atoms with Crippen molar-refractivity contribution >= 4 is 39.5 Å². The smallest absolute Gasteiger partial charge is 0.228 e. The van der Waals surface area contributed by atoms with Crippen molar-refractivity contribution in [1.82, 2.24) is 14.9 Å². The number of hydrogen-bond donors (Lipinski definition) is 2. The molecular formula is C27H34ClN5O2Si. The number of anilines is 1. The third-order valence-electron chi connectivity index (χ3n) is 8.51. The molecule has 2 aromatic rings. The number of rotatable bonds is 5. The van der Waals surface area contributed by atoms with Crippen LogP contribution >= 0.6 is 11.6 Å². The lowest BCUT2D eigenvalue weighted by Crippen LogP contribution is -2.39. The van der Waals surface area contributed by atoms with Gasteiger partial charge in [-0.3, -0.25) is 9.59 Å². The Labute approximate surface area is 220 Å². The van der Waals surface area contributed by atoms with E-state index in [4.69, 9.17) is 11.6 Å². The van der Waals surface area contributed by atoms with Crippen LogP contribution in [0, 0.1) is 40.4 Å². The SMILES string of the molecule is CC(=O)NC([SiH3])[C@@H]1C[C@H]2C[C@@H](C(=O)Nc3cc(-c4cc(C#N)n5c4CC(C)(C)C5)c(Cl)cn3)C[C@H]2C1. The first-order valence-electron chi connectivity index (χ1n) is 12.9. The second-order valence-corrected chi connectivity index (χ2v) is 13.5. The van der Waals surface area contributed by atoms with Crippen molar-refractivity contribution in [3.05, 3.63) is 34.7 Å². The second kappa shape index (κ2) is 9.35. The van der Waals surface area contributed by atoms with Crippen molar-refractivity contribution in [1.29, 1.82) is 5.26 Å². The highest BCUT2D eigenvalue weighted by Crippen LogP contribution is 2.50. The molecule has 0 saturated heterocycles. The van der Waals surface area contributed by atoms with Crippen molar-refractivity contribution in [3.8, 4) is 17.2 Å². The van der Waals surface area contributed by atoms with Crippen molar-refractivity contribution in [2.24, 2.45) is 29.1 Å². The zero-order chi connectivity index (χ0) is 25.8. The molecule has 0 bridgehead atoms. The lowest BCUT2D eigenvalue weighted by atomic mass is 9.89. The second-order valence-electron chi connectivity index (χ2n) is 11.9. The van der Waals surface area contributed by atoms with Crippen LogP contribution < -0.4 is 10.6 Å². The third-order valence-corrected chi connectivity index (χ3v) is 10.0. The molecule has 2 aliphatic carbocycles. The molecule has 7 nitrogen and oxygen atoms in total. The van der Waals surface area contributed by atoms with Crippen LogP contribution in [0.1, 0.15) is 57.8 Å². The summed E-state index contributed by atoms with van der Waals surface area (Å²) in [7, 11) is 0.953. The molecule has 0 aromatic carbocycles. The number of halogens is 1. The van der Waals surface area contributed by atoms with E-state index in [1.807, 2.05) is 12.1 Å². The molecule has 2 N–H and O–H groups in total. The topological polar surface area (TPSA) is 99.8 Å². The summed E-state index contributed by atoms with van der Waals surface area (Å²) in [6.07, 6.45) is 6.45. The van der Waals surface area contributed by atoms with Crippen molar-refractivity contribution in [3.63, 3.8) is 0 Å². The van der Waals surface area contributed by atoms with Gasteiger partial charge >= 0.3 is 0 Å². The first-order valence-corrected chi connectivity index (χ1v) is 14.4. The van der Waals surface area contributed by atoms with Gasteiger partial charge in [-0.1, -0.05) is 25.4 Å². The van der Waals surface area contributed by atoms with Crippen LogP contribution in [0.25, 0.3) is 11.1 Å². The molecule has 9 heteroatoms. The lowest BCUT2D eigenvalue weighted by Gasteiger charge is -2.21. The third kappa shape index (κ3) is 4.71. The minimum atomic E-state index is -0.0140. The molecule has 190 valence electrons. The number of pyridine rings is 1. The van der Waals surface area contributed by atoms with Crippen molar-refractivity contribution < 1.29 is 9.59 Å². The number of nitrogens with zero attached hydrogens (tertiary/aromatic N) is 3. The predicted molar refractivity (Wildman–Crippen MR) is 143 cm³/mol. The summed E-state index contributed by atoms with van der Waals surface area (Å²) in [4.78, 5) is 29.0. The molecule has 3 heterocycles. The van der Waals surface area contributed by atoms with Crippen LogP contribution in [0.4, 0.5) is 5.82 Å². The van der Waals surface area contributed by atoms with Gasteiger partial charge in [0.05, 0.1) is 5.02 Å². The summed E-state index contributed by atoms with van der Waals surface area (Å²) in [5.74, 6) is 2.22. The molecule has 2 saturated carbocycles. The molecule has 2 fully saturated rings. The Bertz CT molecular complexity index is 1250. The maximum absolute atomic E-state index is 13.2. The van der Waals surface area contributed by atoms with Gasteiger partial charge in [-0.15, -0.1) is 0 Å². The minimum Gasteiger partial charge on any atom is -0.357 e. The fourth-order valence-corrected chi connectivity index (χ4v) is 8.04. The highest BCUT2D eigenvalue weighted by molar-refractivity contribution is 6.33. The van der Waals surface area contributed by atoms with E-state index in [0.717, 1.165) is 65.7 Å². The average Bonchev–Trinajstić information content (AvgIpc) is 3.52. The number of carbonyl (C=O) groups excluding carboxylic acids is 2. The maximum atomic E-state index is 13.2. The van der Waals surface area contributed by atoms with E-state index < -0.39 is 0 Å². The average molecular weight is 524 g/mol. The molecule has 36 heavy (non-hydrogen) atoms. The fraction of sp³-hybridized carbons (Fsp3) is 0.556. The van der Waals surface area contributed by atoms with E-state index in [-0.39, 0.29) is 23.1 Å². The summed E-state index contributed by atoms with van der Waals surface area (Å²) < 4.78 is 2.09. The number of hydrogen-bond acceptors (Lipinski definition) is 4.